The molecule has 4 saturated carbocycles. The molecule has 0 amide bonds. The molecule has 0 spiro atoms. The van der Waals surface area contributed by atoms with Crippen LogP contribution in [0, 0.1) is 35.5 Å². The van der Waals surface area contributed by atoms with Crippen LogP contribution in [0.5, 0.6) is 0 Å². The molecule has 4 aliphatic heterocycles. The number of thiophene rings is 2. The van der Waals surface area contributed by atoms with Gasteiger partial charge in [-0.25, -0.2) is 16.8 Å². The van der Waals surface area contributed by atoms with E-state index in [9.17, 15) is 45.1 Å². The van der Waals surface area contributed by atoms with Gasteiger partial charge in [0.1, 0.15) is 66.9 Å². The van der Waals surface area contributed by atoms with Crippen LogP contribution in [0.3, 0.4) is 0 Å². The van der Waals surface area contributed by atoms with Crippen molar-refractivity contribution in [3.8, 4) is 9.79 Å². The molecule has 0 N–H and O–H groups in total. The third-order valence-electron chi connectivity index (χ3n) is 19.9. The van der Waals surface area contributed by atoms with Crippen molar-refractivity contribution >= 4 is 85.2 Å². The number of halogens is 1. The fraction of sp³-hybridized carbons (Fsp3) is 0.584. The van der Waals surface area contributed by atoms with Crippen molar-refractivity contribution in [2.75, 3.05) is 11.5 Å². The standard InChI is InChI=1S/2C26H35S.2C12H16O7S.CH4.BrH.Na/c2*1-2-3-4-5-6-7-8-9-10-11-14-23-17-19-25(20-18-23)27-22-21-24-15-12-13-16-26(24)27;2*13-10(5-20(15,16)17)19-11-7-1-6-2-8(4-7)12(14)18-9(11)3-6;;;/h2*12-13,15-22H,2-11,14H2,1H3;2*6-9,11H,1-5H2,(H,15,16,17);1H4;1H;/q2*+1;;;;;+1/p-3. The average Bonchev–Trinajstić information content (AvgIpc) is 1.72. The zero-order valence-corrected chi connectivity index (χ0v) is 63.5. The van der Waals surface area contributed by atoms with Gasteiger partial charge >= 0.3 is 53.4 Å². The quantitative estimate of drug-likeness (QED) is 0.0102. The van der Waals surface area contributed by atoms with Gasteiger partial charge in [-0.05, 0) is 149 Å². The molecule has 12 atom stereocenters. The molecule has 14 rings (SSSR count). The van der Waals surface area contributed by atoms with Crippen LogP contribution in [0.1, 0.15) is 212 Å². The number of hydrogen-bond acceptors (Lipinski definition) is 14. The van der Waals surface area contributed by atoms with E-state index < -0.39 is 68.1 Å². The fourth-order valence-corrected chi connectivity index (χ4v) is 19.7. The molecule has 97 heavy (non-hydrogen) atoms. The van der Waals surface area contributed by atoms with Gasteiger partial charge in [0.15, 0.2) is 19.2 Å². The van der Waals surface area contributed by atoms with Crippen LogP contribution in [0.4, 0.5) is 0 Å². The van der Waals surface area contributed by atoms with E-state index in [0.29, 0.717) is 37.5 Å². The van der Waals surface area contributed by atoms with Crippen molar-refractivity contribution in [2.24, 2.45) is 35.5 Å². The minimum atomic E-state index is -4.65. The first-order chi connectivity index (χ1) is 45.4. The van der Waals surface area contributed by atoms with Crippen molar-refractivity contribution in [1.29, 1.82) is 0 Å². The van der Waals surface area contributed by atoms with Crippen LogP contribution in [0.15, 0.2) is 120 Å². The molecule has 14 nitrogen and oxygen atoms in total. The molecule has 8 aliphatic rings. The number of aryl methyl sites for hydroxylation is 2. The summed E-state index contributed by atoms with van der Waals surface area (Å²) in [5.74, 6) is -4.44. The van der Waals surface area contributed by atoms with Crippen molar-refractivity contribution in [2.45, 2.75) is 238 Å². The number of esters is 4. The summed E-state index contributed by atoms with van der Waals surface area (Å²) in [4.78, 5) is 49.5. The molecule has 12 unspecified atom stereocenters. The predicted molar refractivity (Wildman–Crippen MR) is 380 cm³/mol. The van der Waals surface area contributed by atoms with Gasteiger partial charge in [0, 0.05) is 55.7 Å². The number of benzene rings is 4. The Balaban J connectivity index is 0.000000204. The number of fused-ring (bicyclic) bond motifs is 4. The molecule has 4 aromatic carbocycles. The maximum atomic E-state index is 11.8. The summed E-state index contributed by atoms with van der Waals surface area (Å²) >= 11 is 0. The van der Waals surface area contributed by atoms with Gasteiger partial charge in [-0.3, -0.25) is 19.2 Å². The molecule has 6 aromatic rings. The molecule has 0 radical (unpaired) electrons. The summed E-state index contributed by atoms with van der Waals surface area (Å²) in [6.07, 6.45) is 34.3. The van der Waals surface area contributed by atoms with Gasteiger partial charge in [-0.15, -0.1) is 0 Å². The zero-order chi connectivity index (χ0) is 66.5. The van der Waals surface area contributed by atoms with E-state index in [1.807, 2.05) is 0 Å². The van der Waals surface area contributed by atoms with Crippen molar-refractivity contribution in [3.05, 3.63) is 131 Å². The summed E-state index contributed by atoms with van der Waals surface area (Å²) in [5, 5.41) is 7.50. The van der Waals surface area contributed by atoms with Crippen LogP contribution in [-0.2, 0) is 71.2 Å². The molecular weight excluding hydrogens is 1380 g/mol. The second-order valence-electron chi connectivity index (χ2n) is 27.3. The van der Waals surface area contributed by atoms with E-state index in [-0.39, 0.29) is 111 Å². The van der Waals surface area contributed by atoms with E-state index in [1.54, 1.807) is 0 Å². The van der Waals surface area contributed by atoms with Crippen molar-refractivity contribution in [1.82, 2.24) is 0 Å². The van der Waals surface area contributed by atoms with Crippen LogP contribution >= 0.6 is 20.9 Å². The predicted octanol–water partition coefficient (Wildman–Crippen LogP) is 12.3. The number of carbonyl (C=O) groups excluding carboxylic acids is 4. The number of carbonyl (C=O) groups is 4. The van der Waals surface area contributed by atoms with Crippen LogP contribution in [0.25, 0.3) is 30.0 Å². The minimum absolute atomic E-state index is 0. The summed E-state index contributed by atoms with van der Waals surface area (Å²) in [6.45, 7) is 4.58. The number of ether oxygens (including phenoxy) is 4. The number of rotatable bonds is 30. The minimum Gasteiger partial charge on any atom is -1.00 e. The second-order valence-corrected chi connectivity index (χ2v) is 33.8. The molecular formula is C77H104BrNaO14S4. The maximum Gasteiger partial charge on any atom is 1.00 e. The maximum absolute atomic E-state index is 11.8. The first-order valence-electron chi connectivity index (χ1n) is 35.3. The summed E-state index contributed by atoms with van der Waals surface area (Å²) in [7, 11) is -9.04. The van der Waals surface area contributed by atoms with E-state index in [2.05, 4.69) is 134 Å². The van der Waals surface area contributed by atoms with E-state index in [1.165, 1.54) is 182 Å². The first-order valence-corrected chi connectivity index (χ1v) is 41.0. The smallest absolute Gasteiger partial charge is 1.00 e. The SMILES string of the molecule is C.CCCCCCCCCCCCc1ccc(-[s+]2ccc3ccccc32)cc1.CCCCCCCCCCCCc1ccc(-[s+]2ccc3ccccc32)cc1.O=C(CS(=O)(=O)[O-])OC1C2CC3CC(C2)C(=O)OC1C3.O=C(CS(=O)(=O)[O-])OC1C2CC3CC(C2)C(=O)OC1C3.[Br-].[Na+]. The number of unbranched alkanes of at least 4 members (excludes halogenated alkanes) is 18. The Morgan fingerprint density at radius 2 is 0.784 bits per heavy atom. The zero-order valence-electron chi connectivity index (χ0n) is 56.7. The number of hydrogen-bond donors (Lipinski definition) is 0. The van der Waals surface area contributed by atoms with Crippen LogP contribution < -0.4 is 46.5 Å². The van der Waals surface area contributed by atoms with Gasteiger partial charge in [0.25, 0.3) is 0 Å². The Labute approximate surface area is 616 Å². The Hall–Kier alpha value is -4.02. The first kappa shape index (κ1) is 81.9. The van der Waals surface area contributed by atoms with E-state index >= 15 is 0 Å². The van der Waals surface area contributed by atoms with E-state index in [0.717, 1.165) is 25.7 Å². The van der Waals surface area contributed by atoms with Gasteiger partial charge in [-0.1, -0.05) is 185 Å². The third kappa shape index (κ3) is 25.8. The molecule has 8 bridgehead atoms. The summed E-state index contributed by atoms with van der Waals surface area (Å²) in [5.41, 5.74) is 3.00. The van der Waals surface area contributed by atoms with E-state index in [4.69, 9.17) is 18.9 Å². The van der Waals surface area contributed by atoms with Gasteiger partial charge < -0.3 is 45.0 Å². The summed E-state index contributed by atoms with van der Waals surface area (Å²) < 4.78 is 87.3. The summed E-state index contributed by atoms with van der Waals surface area (Å²) in [6, 6.07) is 40.9. The monoisotopic (exact) mass is 1480 g/mol. The van der Waals surface area contributed by atoms with Crippen LogP contribution in [0.2, 0.25) is 0 Å². The average molecular weight is 1480 g/mol. The molecule has 20 heteroatoms. The Morgan fingerprint density at radius 1 is 0.454 bits per heavy atom. The Morgan fingerprint density at radius 3 is 1.12 bits per heavy atom. The largest absolute Gasteiger partial charge is 1.00 e. The van der Waals surface area contributed by atoms with Crippen molar-refractivity contribution < 1.29 is 111 Å². The molecule has 8 fully saturated rings. The Bertz CT molecular complexity index is 3380. The molecule has 2 aromatic heterocycles. The Kier molecular flexibility index (Phi) is 34.8. The fourth-order valence-electron chi connectivity index (χ4n) is 15.2. The van der Waals surface area contributed by atoms with Crippen LogP contribution in [-0.4, -0.2) is 85.7 Å². The molecule has 6 heterocycles. The molecule has 4 aliphatic carbocycles. The van der Waals surface area contributed by atoms with Gasteiger partial charge in [0.05, 0.1) is 11.8 Å². The molecule has 528 valence electrons. The van der Waals surface area contributed by atoms with Crippen molar-refractivity contribution in [3.63, 3.8) is 0 Å². The molecule has 4 saturated heterocycles. The normalized spacial score (nSPS) is 22.8. The van der Waals surface area contributed by atoms with Gasteiger partial charge in [-0.2, -0.15) is 0 Å². The van der Waals surface area contributed by atoms with Gasteiger partial charge in [0.2, 0.25) is 0 Å². The topological polar surface area (TPSA) is 220 Å². The second kappa shape index (κ2) is 41.2. The third-order valence-corrected chi connectivity index (χ3v) is 25.1.